The van der Waals surface area contributed by atoms with Gasteiger partial charge in [0, 0.05) is 18.7 Å². The van der Waals surface area contributed by atoms with Crippen LogP contribution in [-0.2, 0) is 40.0 Å². The molecule has 0 aliphatic heterocycles. The molecule has 1 unspecified atom stereocenters. The summed E-state index contributed by atoms with van der Waals surface area (Å²) in [5.74, 6) is -1.38. The van der Waals surface area contributed by atoms with Crippen LogP contribution >= 0.6 is 0 Å². The molecular weight excluding hydrogens is 474 g/mol. The van der Waals surface area contributed by atoms with Crippen molar-refractivity contribution >= 4 is 23.4 Å². The second-order valence-electron chi connectivity index (χ2n) is 8.01. The number of amides is 3. The molecule has 1 aromatic carbocycles. The van der Waals surface area contributed by atoms with E-state index in [1.54, 1.807) is 43.8 Å². The molecule has 3 amide bonds. The molecule has 204 valence electrons. The number of nitrogens with two attached hydrogens (primary N) is 1. The molecule has 0 bridgehead atoms. The van der Waals surface area contributed by atoms with Gasteiger partial charge in [0.1, 0.15) is 6.04 Å². The van der Waals surface area contributed by atoms with Crippen LogP contribution in [0.4, 0.5) is 5.69 Å². The maximum atomic E-state index is 12.6. The smallest absolute Gasteiger partial charge is 0.243 e. The first-order chi connectivity index (χ1) is 17.4. The minimum atomic E-state index is -0.790. The Kier molecular flexibility index (Phi) is 17.0. The van der Waals surface area contributed by atoms with Gasteiger partial charge in [-0.3, -0.25) is 24.4 Å². The van der Waals surface area contributed by atoms with E-state index < -0.39 is 17.9 Å². The Labute approximate surface area is 211 Å². The minimum Gasteiger partial charge on any atom is -0.379 e. The summed E-state index contributed by atoms with van der Waals surface area (Å²) in [4.78, 5) is 41.6. The molecule has 36 heavy (non-hydrogen) atoms. The Balaban J connectivity index is 2.28. The van der Waals surface area contributed by atoms with Crippen LogP contribution in [0.25, 0.3) is 0 Å². The molecular formula is C23H39N5O8. The molecule has 1 aromatic rings. The van der Waals surface area contributed by atoms with Crippen molar-refractivity contribution in [2.24, 2.45) is 11.7 Å². The summed E-state index contributed by atoms with van der Waals surface area (Å²) in [6, 6.07) is 5.97. The lowest BCUT2D eigenvalue weighted by Crippen LogP contribution is -2.51. The lowest BCUT2D eigenvalue weighted by Gasteiger charge is -2.21. The van der Waals surface area contributed by atoms with Crippen LogP contribution in [0.1, 0.15) is 25.8 Å². The zero-order valence-corrected chi connectivity index (χ0v) is 20.9. The van der Waals surface area contributed by atoms with Crippen LogP contribution in [0.5, 0.6) is 0 Å². The van der Waals surface area contributed by atoms with E-state index in [0.717, 1.165) is 5.56 Å². The molecule has 0 heterocycles. The monoisotopic (exact) mass is 513 g/mol. The Bertz CT molecular complexity index is 763. The highest BCUT2D eigenvalue weighted by Crippen LogP contribution is 2.10. The lowest BCUT2D eigenvalue weighted by molar-refractivity contribution is -0.135. The van der Waals surface area contributed by atoms with Crippen molar-refractivity contribution in [2.75, 3.05) is 58.0 Å². The van der Waals surface area contributed by atoms with Crippen molar-refractivity contribution < 1.29 is 38.6 Å². The van der Waals surface area contributed by atoms with Gasteiger partial charge >= 0.3 is 0 Å². The molecule has 0 aliphatic rings. The van der Waals surface area contributed by atoms with E-state index in [1.807, 2.05) is 0 Å². The minimum absolute atomic E-state index is 0.0893. The number of hydrogen-bond acceptors (Lipinski definition) is 10. The largest absolute Gasteiger partial charge is 0.379 e. The lowest BCUT2D eigenvalue weighted by atomic mass is 10.0. The zero-order chi connectivity index (χ0) is 26.6. The number of nitrogens with one attached hydrogen (secondary N) is 4. The van der Waals surface area contributed by atoms with Crippen molar-refractivity contribution in [2.45, 2.75) is 32.9 Å². The SMILES string of the molecule is CC(C)C(NC(=O)CCOCCOCCOCCN)C(=O)NCC(=O)Nc1ccc(CONO)cc1. The summed E-state index contributed by atoms with van der Waals surface area (Å²) in [7, 11) is 0. The van der Waals surface area contributed by atoms with Gasteiger partial charge < -0.3 is 35.9 Å². The van der Waals surface area contributed by atoms with Gasteiger partial charge in [-0.15, -0.1) is 0 Å². The Morgan fingerprint density at radius 2 is 1.53 bits per heavy atom. The van der Waals surface area contributed by atoms with E-state index in [4.69, 9.17) is 25.2 Å². The highest BCUT2D eigenvalue weighted by atomic mass is 16.8. The molecule has 0 saturated carbocycles. The fraction of sp³-hybridized carbons (Fsp3) is 0.609. The summed E-state index contributed by atoms with van der Waals surface area (Å²) < 4.78 is 15.9. The molecule has 0 fully saturated rings. The maximum Gasteiger partial charge on any atom is 0.243 e. The van der Waals surface area contributed by atoms with Crippen LogP contribution in [0, 0.1) is 5.92 Å². The van der Waals surface area contributed by atoms with Gasteiger partial charge in [-0.05, 0) is 23.6 Å². The third kappa shape index (κ3) is 14.7. The van der Waals surface area contributed by atoms with Crippen LogP contribution in [0.15, 0.2) is 24.3 Å². The van der Waals surface area contributed by atoms with Gasteiger partial charge in [-0.2, -0.15) is 0 Å². The molecule has 0 spiro atoms. The number of benzene rings is 1. The van der Waals surface area contributed by atoms with Gasteiger partial charge in [0.25, 0.3) is 0 Å². The third-order valence-electron chi connectivity index (χ3n) is 4.71. The molecule has 0 aliphatic carbocycles. The first-order valence-electron chi connectivity index (χ1n) is 11.8. The van der Waals surface area contributed by atoms with Gasteiger partial charge in [0.2, 0.25) is 17.7 Å². The highest BCUT2D eigenvalue weighted by Gasteiger charge is 2.24. The van der Waals surface area contributed by atoms with Gasteiger partial charge in [0.05, 0.1) is 52.8 Å². The highest BCUT2D eigenvalue weighted by molar-refractivity contribution is 5.96. The average molecular weight is 514 g/mol. The number of carbonyl (C=O) groups is 3. The standard InChI is InChI=1S/C23H39N5O8/c1-17(2)22(27-20(29)7-9-33-11-13-35-14-12-34-10-8-24)23(31)25-15-21(30)26-19-5-3-18(4-6-19)16-36-28-32/h3-6,17,22,28,32H,7-16,24H2,1-2H3,(H,25,31)(H,26,30)(H,27,29). The van der Waals surface area contributed by atoms with Gasteiger partial charge in [-0.1, -0.05) is 31.6 Å². The van der Waals surface area contributed by atoms with E-state index in [2.05, 4.69) is 20.8 Å². The topological polar surface area (TPSA) is 182 Å². The van der Waals surface area contributed by atoms with Crippen molar-refractivity contribution in [3.63, 3.8) is 0 Å². The van der Waals surface area contributed by atoms with Crippen LogP contribution in [0.2, 0.25) is 0 Å². The Morgan fingerprint density at radius 3 is 2.11 bits per heavy atom. The molecule has 1 rings (SSSR count). The summed E-state index contributed by atoms with van der Waals surface area (Å²) in [5.41, 5.74) is 8.22. The maximum absolute atomic E-state index is 12.6. The number of rotatable bonds is 20. The van der Waals surface area contributed by atoms with Gasteiger partial charge in [0.15, 0.2) is 0 Å². The number of ether oxygens (including phenoxy) is 3. The summed E-state index contributed by atoms with van der Waals surface area (Å²) in [6.07, 6.45) is 0.0893. The van der Waals surface area contributed by atoms with E-state index in [9.17, 15) is 14.4 Å². The number of carbonyl (C=O) groups excluding carboxylic acids is 3. The Morgan fingerprint density at radius 1 is 0.917 bits per heavy atom. The molecule has 7 N–H and O–H groups in total. The molecule has 13 heteroatoms. The normalized spacial score (nSPS) is 11.8. The quantitative estimate of drug-likeness (QED) is 0.0999. The van der Waals surface area contributed by atoms with E-state index in [0.29, 0.717) is 45.3 Å². The number of anilines is 1. The van der Waals surface area contributed by atoms with Crippen LogP contribution < -0.4 is 27.3 Å². The second kappa shape index (κ2) is 19.5. The van der Waals surface area contributed by atoms with Crippen LogP contribution in [0.3, 0.4) is 0 Å². The second-order valence-corrected chi connectivity index (χ2v) is 8.01. The summed E-state index contributed by atoms with van der Waals surface area (Å²) in [5, 5.41) is 16.3. The predicted octanol–water partition coefficient (Wildman–Crippen LogP) is -0.309. The Hall–Kier alpha value is -2.65. The number of hydrogen-bond donors (Lipinski definition) is 6. The predicted molar refractivity (Wildman–Crippen MR) is 131 cm³/mol. The molecule has 0 radical (unpaired) electrons. The summed E-state index contributed by atoms with van der Waals surface area (Å²) in [6.45, 7) is 6.27. The first kappa shape index (κ1) is 31.4. The van der Waals surface area contributed by atoms with Gasteiger partial charge in [-0.25, -0.2) is 0 Å². The molecule has 13 nitrogen and oxygen atoms in total. The van der Waals surface area contributed by atoms with Crippen molar-refractivity contribution in [1.82, 2.24) is 16.3 Å². The van der Waals surface area contributed by atoms with E-state index in [-0.39, 0.29) is 38.0 Å². The van der Waals surface area contributed by atoms with Crippen molar-refractivity contribution in [3.8, 4) is 0 Å². The third-order valence-corrected chi connectivity index (χ3v) is 4.71. The molecule has 0 saturated heterocycles. The van der Waals surface area contributed by atoms with E-state index in [1.165, 1.54) is 0 Å². The summed E-state index contributed by atoms with van der Waals surface area (Å²) >= 11 is 0. The molecule has 1 atom stereocenters. The van der Waals surface area contributed by atoms with Crippen molar-refractivity contribution in [3.05, 3.63) is 29.8 Å². The average Bonchev–Trinajstić information content (AvgIpc) is 2.86. The fourth-order valence-corrected chi connectivity index (χ4v) is 2.85. The molecule has 0 aromatic heterocycles. The van der Waals surface area contributed by atoms with Crippen molar-refractivity contribution in [1.29, 1.82) is 0 Å². The van der Waals surface area contributed by atoms with Crippen LogP contribution in [-0.4, -0.2) is 81.7 Å². The zero-order valence-electron chi connectivity index (χ0n) is 20.9. The first-order valence-corrected chi connectivity index (χ1v) is 11.8. The van der Waals surface area contributed by atoms with E-state index >= 15 is 0 Å². The fourth-order valence-electron chi connectivity index (χ4n) is 2.85.